The Bertz CT molecular complexity index is 451. The van der Waals surface area contributed by atoms with Gasteiger partial charge in [-0.05, 0) is 6.92 Å². The van der Waals surface area contributed by atoms with E-state index in [-0.39, 0.29) is 12.3 Å². The van der Waals surface area contributed by atoms with E-state index in [9.17, 15) is 9.59 Å². The summed E-state index contributed by atoms with van der Waals surface area (Å²) in [5.74, 6) is -0.849. The number of hydrogen-bond acceptors (Lipinski definition) is 4. The zero-order valence-corrected chi connectivity index (χ0v) is 10.9. The number of carbonyl (C=O) groups is 2. The second kappa shape index (κ2) is 5.52. The highest BCUT2D eigenvalue weighted by molar-refractivity contribution is 5.75. The molecule has 1 rings (SSSR count). The van der Waals surface area contributed by atoms with Gasteiger partial charge < -0.3 is 15.2 Å². The summed E-state index contributed by atoms with van der Waals surface area (Å²) < 4.78 is 6.71. The Kier molecular flexibility index (Phi) is 4.30. The molecule has 0 aliphatic carbocycles. The molecule has 0 aliphatic rings. The van der Waals surface area contributed by atoms with Gasteiger partial charge in [0.25, 0.3) is 0 Å². The SMILES string of the molecule is COc1c([C@H](CC(=O)O)NC(C)=O)c(C)nn1C. The number of carboxylic acid groups (broad SMARTS) is 1. The minimum absolute atomic E-state index is 0.220. The summed E-state index contributed by atoms with van der Waals surface area (Å²) in [6.45, 7) is 3.08. The zero-order valence-electron chi connectivity index (χ0n) is 10.9. The van der Waals surface area contributed by atoms with Crippen LogP contribution in [0.25, 0.3) is 0 Å². The average molecular weight is 255 g/mol. The quantitative estimate of drug-likeness (QED) is 0.793. The Balaban J connectivity index is 3.18. The average Bonchev–Trinajstić information content (AvgIpc) is 2.50. The number of amides is 1. The number of aliphatic carboxylic acids is 1. The van der Waals surface area contributed by atoms with Gasteiger partial charge >= 0.3 is 5.97 Å². The molecule has 0 fully saturated rings. The highest BCUT2D eigenvalue weighted by Crippen LogP contribution is 2.29. The number of nitrogens with one attached hydrogen (secondary N) is 1. The molecule has 0 aliphatic heterocycles. The number of carboxylic acids is 1. The Morgan fingerprint density at radius 3 is 2.61 bits per heavy atom. The molecule has 0 bridgehead atoms. The van der Waals surface area contributed by atoms with Crippen LogP contribution in [0.5, 0.6) is 5.88 Å². The molecule has 1 heterocycles. The van der Waals surface area contributed by atoms with E-state index in [1.807, 2.05) is 0 Å². The minimum Gasteiger partial charge on any atom is -0.481 e. The smallest absolute Gasteiger partial charge is 0.305 e. The van der Waals surface area contributed by atoms with E-state index in [4.69, 9.17) is 9.84 Å². The Hall–Kier alpha value is -2.05. The van der Waals surface area contributed by atoms with Gasteiger partial charge in [-0.25, -0.2) is 4.68 Å². The lowest BCUT2D eigenvalue weighted by Crippen LogP contribution is -2.28. The third kappa shape index (κ3) is 2.99. The molecule has 7 nitrogen and oxygen atoms in total. The van der Waals surface area contributed by atoms with E-state index in [2.05, 4.69) is 10.4 Å². The van der Waals surface area contributed by atoms with Gasteiger partial charge in [-0.2, -0.15) is 5.10 Å². The first-order chi connectivity index (χ1) is 8.36. The largest absolute Gasteiger partial charge is 0.481 e. The molecule has 18 heavy (non-hydrogen) atoms. The van der Waals surface area contributed by atoms with Crippen LogP contribution in [0.3, 0.4) is 0 Å². The number of ether oxygens (including phenoxy) is 1. The lowest BCUT2D eigenvalue weighted by molar-refractivity contribution is -0.137. The molecule has 0 aromatic carbocycles. The second-order valence-corrected chi connectivity index (χ2v) is 3.98. The Morgan fingerprint density at radius 2 is 2.17 bits per heavy atom. The molecular formula is C11H17N3O4. The lowest BCUT2D eigenvalue weighted by atomic mass is 10.0. The van der Waals surface area contributed by atoms with Crippen LogP contribution in [-0.4, -0.2) is 33.9 Å². The van der Waals surface area contributed by atoms with Crippen molar-refractivity contribution in [1.29, 1.82) is 0 Å². The van der Waals surface area contributed by atoms with Gasteiger partial charge in [-0.15, -0.1) is 0 Å². The van der Waals surface area contributed by atoms with Gasteiger partial charge in [0.05, 0.1) is 30.8 Å². The van der Waals surface area contributed by atoms with E-state index in [0.29, 0.717) is 17.1 Å². The summed E-state index contributed by atoms with van der Waals surface area (Å²) in [6.07, 6.45) is -0.220. The van der Waals surface area contributed by atoms with Crippen LogP contribution < -0.4 is 10.1 Å². The summed E-state index contributed by atoms with van der Waals surface area (Å²) in [5.41, 5.74) is 1.23. The normalized spacial score (nSPS) is 12.0. The molecule has 100 valence electrons. The number of rotatable bonds is 5. The fourth-order valence-corrected chi connectivity index (χ4v) is 1.94. The fourth-order valence-electron chi connectivity index (χ4n) is 1.94. The maximum absolute atomic E-state index is 11.2. The molecule has 0 saturated heterocycles. The van der Waals surface area contributed by atoms with Crippen molar-refractivity contribution in [2.45, 2.75) is 26.3 Å². The molecule has 1 aromatic rings. The number of nitrogens with zero attached hydrogens (tertiary/aromatic N) is 2. The predicted molar refractivity (Wildman–Crippen MR) is 63.3 cm³/mol. The van der Waals surface area contributed by atoms with Gasteiger partial charge in [0, 0.05) is 14.0 Å². The van der Waals surface area contributed by atoms with Crippen molar-refractivity contribution >= 4 is 11.9 Å². The van der Waals surface area contributed by atoms with E-state index in [0.717, 1.165) is 0 Å². The zero-order chi connectivity index (χ0) is 13.9. The van der Waals surface area contributed by atoms with Crippen LogP contribution in [0.4, 0.5) is 0 Å². The Labute approximate surface area is 105 Å². The summed E-state index contributed by atoms with van der Waals surface area (Å²) in [6, 6.07) is -0.649. The van der Waals surface area contributed by atoms with Crippen LogP contribution in [0.2, 0.25) is 0 Å². The molecule has 0 saturated carbocycles. The molecule has 1 atom stereocenters. The third-order valence-corrected chi connectivity index (χ3v) is 2.51. The van der Waals surface area contributed by atoms with Crippen molar-refractivity contribution in [2.75, 3.05) is 7.11 Å². The second-order valence-electron chi connectivity index (χ2n) is 3.98. The molecule has 0 unspecified atom stereocenters. The van der Waals surface area contributed by atoms with Crippen LogP contribution in [-0.2, 0) is 16.6 Å². The standard InChI is InChI=1S/C11H17N3O4/c1-6-10(11(18-4)14(3)13-6)8(5-9(16)17)12-7(2)15/h8H,5H2,1-4H3,(H,12,15)(H,16,17)/t8-/m0/s1. The predicted octanol–water partition coefficient (Wildman–Crippen LogP) is 0.389. The van der Waals surface area contributed by atoms with Crippen LogP contribution in [0.1, 0.15) is 30.6 Å². The van der Waals surface area contributed by atoms with Gasteiger partial charge in [0.15, 0.2) is 0 Å². The van der Waals surface area contributed by atoms with Crippen LogP contribution >= 0.6 is 0 Å². The maximum atomic E-state index is 11.2. The molecule has 0 radical (unpaired) electrons. The number of carbonyl (C=O) groups excluding carboxylic acids is 1. The van der Waals surface area contributed by atoms with Crippen molar-refractivity contribution < 1.29 is 19.4 Å². The van der Waals surface area contributed by atoms with Crippen molar-refractivity contribution in [3.05, 3.63) is 11.3 Å². The highest BCUT2D eigenvalue weighted by Gasteiger charge is 2.26. The van der Waals surface area contributed by atoms with E-state index in [1.54, 1.807) is 14.0 Å². The Morgan fingerprint density at radius 1 is 1.56 bits per heavy atom. The summed E-state index contributed by atoms with van der Waals surface area (Å²) >= 11 is 0. The fraction of sp³-hybridized carbons (Fsp3) is 0.545. The van der Waals surface area contributed by atoms with Gasteiger partial charge in [0.1, 0.15) is 0 Å². The summed E-state index contributed by atoms with van der Waals surface area (Å²) in [5, 5.41) is 15.7. The number of methoxy groups -OCH3 is 1. The van der Waals surface area contributed by atoms with Crippen molar-refractivity contribution in [2.24, 2.45) is 7.05 Å². The molecule has 0 spiro atoms. The van der Waals surface area contributed by atoms with Gasteiger partial charge in [-0.3, -0.25) is 9.59 Å². The molecular weight excluding hydrogens is 238 g/mol. The lowest BCUT2D eigenvalue weighted by Gasteiger charge is -2.17. The molecule has 2 N–H and O–H groups in total. The van der Waals surface area contributed by atoms with E-state index < -0.39 is 12.0 Å². The van der Waals surface area contributed by atoms with Crippen LogP contribution in [0.15, 0.2) is 0 Å². The highest BCUT2D eigenvalue weighted by atomic mass is 16.5. The molecule has 7 heteroatoms. The topological polar surface area (TPSA) is 93.4 Å². The van der Waals surface area contributed by atoms with Crippen molar-refractivity contribution in [3.63, 3.8) is 0 Å². The first kappa shape index (κ1) is 14.0. The third-order valence-electron chi connectivity index (χ3n) is 2.51. The summed E-state index contributed by atoms with van der Waals surface area (Å²) in [4.78, 5) is 22.0. The number of aromatic nitrogens is 2. The van der Waals surface area contributed by atoms with Gasteiger partial charge in [-0.1, -0.05) is 0 Å². The molecule has 1 aromatic heterocycles. The van der Waals surface area contributed by atoms with Crippen molar-refractivity contribution in [3.8, 4) is 5.88 Å². The molecule has 1 amide bonds. The number of hydrogen-bond donors (Lipinski definition) is 2. The first-order valence-electron chi connectivity index (χ1n) is 5.43. The van der Waals surface area contributed by atoms with E-state index >= 15 is 0 Å². The number of aryl methyl sites for hydroxylation is 2. The maximum Gasteiger partial charge on any atom is 0.305 e. The van der Waals surface area contributed by atoms with Gasteiger partial charge in [0.2, 0.25) is 11.8 Å². The first-order valence-corrected chi connectivity index (χ1v) is 5.43. The van der Waals surface area contributed by atoms with E-state index in [1.165, 1.54) is 18.7 Å². The van der Waals surface area contributed by atoms with Crippen molar-refractivity contribution in [1.82, 2.24) is 15.1 Å². The monoisotopic (exact) mass is 255 g/mol. The van der Waals surface area contributed by atoms with Crippen LogP contribution in [0, 0.1) is 6.92 Å². The summed E-state index contributed by atoms with van der Waals surface area (Å²) in [7, 11) is 3.17. The minimum atomic E-state index is -1.00.